The van der Waals surface area contributed by atoms with E-state index in [1.807, 2.05) is 18.7 Å². The highest BCUT2D eigenvalue weighted by atomic mass is 35.5. The lowest BCUT2D eigenvalue weighted by atomic mass is 9.96. The van der Waals surface area contributed by atoms with Crippen LogP contribution in [0.25, 0.3) is 0 Å². The predicted octanol–water partition coefficient (Wildman–Crippen LogP) is 3.21. The van der Waals surface area contributed by atoms with Gasteiger partial charge in [-0.1, -0.05) is 11.6 Å². The maximum absolute atomic E-state index is 13.2. The average molecular weight is 392 g/mol. The van der Waals surface area contributed by atoms with Crippen LogP contribution in [0.15, 0.2) is 18.2 Å². The molecule has 1 saturated carbocycles. The number of carbonyl (C=O) groups is 3. The second-order valence-corrected chi connectivity index (χ2v) is 8.08. The van der Waals surface area contributed by atoms with Gasteiger partial charge >= 0.3 is 11.8 Å². The van der Waals surface area contributed by atoms with Gasteiger partial charge in [0.2, 0.25) is 0 Å². The molecule has 1 saturated heterocycles. The van der Waals surface area contributed by atoms with Gasteiger partial charge < -0.3 is 15.5 Å². The van der Waals surface area contributed by atoms with Gasteiger partial charge in [-0.3, -0.25) is 14.4 Å². The van der Waals surface area contributed by atoms with E-state index in [1.165, 1.54) is 0 Å². The highest BCUT2D eigenvalue weighted by Crippen LogP contribution is 2.29. The minimum absolute atomic E-state index is 0.116. The summed E-state index contributed by atoms with van der Waals surface area (Å²) in [6.07, 6.45) is 5.16. The van der Waals surface area contributed by atoms with Crippen molar-refractivity contribution in [3.63, 3.8) is 0 Å². The number of halogens is 1. The summed E-state index contributed by atoms with van der Waals surface area (Å²) in [6, 6.07) is 4.95. The van der Waals surface area contributed by atoms with Crippen LogP contribution in [0.4, 0.5) is 5.69 Å². The first-order valence-electron chi connectivity index (χ1n) is 9.58. The number of likely N-dealkylation sites (tertiary alicyclic amines) is 1. The third kappa shape index (κ3) is 4.80. The Morgan fingerprint density at radius 3 is 2.37 bits per heavy atom. The molecule has 0 radical (unpaired) electrons. The van der Waals surface area contributed by atoms with Crippen LogP contribution in [0, 0.1) is 5.92 Å². The lowest BCUT2D eigenvalue weighted by Crippen LogP contribution is -2.47. The molecule has 3 amide bonds. The molecule has 0 aromatic heterocycles. The van der Waals surface area contributed by atoms with E-state index in [0.29, 0.717) is 28.7 Å². The van der Waals surface area contributed by atoms with Crippen molar-refractivity contribution >= 4 is 35.0 Å². The molecule has 7 heteroatoms. The highest BCUT2D eigenvalue weighted by molar-refractivity contribution is 6.40. The second kappa shape index (κ2) is 8.30. The summed E-state index contributed by atoms with van der Waals surface area (Å²) in [7, 11) is 0. The summed E-state index contributed by atoms with van der Waals surface area (Å²) in [5.74, 6) is -1.15. The van der Waals surface area contributed by atoms with Gasteiger partial charge in [0.05, 0.1) is 11.3 Å². The number of carbonyl (C=O) groups excluding carboxylic acids is 3. The van der Waals surface area contributed by atoms with Crippen molar-refractivity contribution in [1.82, 2.24) is 10.2 Å². The van der Waals surface area contributed by atoms with E-state index >= 15 is 0 Å². The fourth-order valence-corrected chi connectivity index (χ4v) is 3.75. The lowest BCUT2D eigenvalue weighted by Gasteiger charge is -2.39. The number of nitrogens with one attached hydrogen (secondary N) is 2. The first-order chi connectivity index (χ1) is 12.9. The molecular formula is C20H26ClN3O3. The molecule has 6 nitrogen and oxygen atoms in total. The van der Waals surface area contributed by atoms with E-state index < -0.39 is 11.8 Å². The van der Waals surface area contributed by atoms with Gasteiger partial charge in [0.25, 0.3) is 5.91 Å². The van der Waals surface area contributed by atoms with Crippen LogP contribution >= 0.6 is 11.6 Å². The predicted molar refractivity (Wildman–Crippen MR) is 105 cm³/mol. The number of benzene rings is 1. The summed E-state index contributed by atoms with van der Waals surface area (Å²) in [5, 5.41) is 5.61. The van der Waals surface area contributed by atoms with Crippen molar-refractivity contribution in [1.29, 1.82) is 0 Å². The van der Waals surface area contributed by atoms with Crippen molar-refractivity contribution in [2.75, 3.05) is 11.9 Å². The molecule has 2 atom stereocenters. The Bertz CT molecular complexity index is 738. The van der Waals surface area contributed by atoms with E-state index in [4.69, 9.17) is 11.6 Å². The van der Waals surface area contributed by atoms with Gasteiger partial charge in [0.1, 0.15) is 0 Å². The summed E-state index contributed by atoms with van der Waals surface area (Å²) < 4.78 is 0. The number of amides is 3. The van der Waals surface area contributed by atoms with Crippen molar-refractivity contribution in [2.45, 2.75) is 58.0 Å². The molecule has 1 aromatic rings. The molecule has 1 aliphatic carbocycles. The zero-order chi connectivity index (χ0) is 19.6. The van der Waals surface area contributed by atoms with Crippen molar-refractivity contribution in [3.8, 4) is 0 Å². The standard InChI is InChI=1S/C20H26ClN3O3/c1-12-4-3-5-13(2)24(12)20(27)16-10-15(21)8-9-17(16)23-19(26)18(25)22-11-14-6-7-14/h8-10,12-14H,3-7,11H2,1-2H3,(H,22,25)(H,23,26). The number of nitrogens with zero attached hydrogens (tertiary/aromatic N) is 1. The first kappa shape index (κ1) is 19.7. The first-order valence-corrected chi connectivity index (χ1v) is 9.96. The Kier molecular flexibility index (Phi) is 6.05. The van der Waals surface area contributed by atoms with Gasteiger partial charge in [-0.25, -0.2) is 0 Å². The molecule has 2 N–H and O–H groups in total. The molecule has 1 aliphatic heterocycles. The molecule has 1 aromatic carbocycles. The van der Waals surface area contributed by atoms with Crippen molar-refractivity contribution < 1.29 is 14.4 Å². The van der Waals surface area contributed by atoms with Gasteiger partial charge in [-0.2, -0.15) is 0 Å². The SMILES string of the molecule is CC1CCCC(C)N1C(=O)c1cc(Cl)ccc1NC(=O)C(=O)NCC1CC1. The minimum atomic E-state index is -0.772. The Morgan fingerprint density at radius 2 is 1.74 bits per heavy atom. The fourth-order valence-electron chi connectivity index (χ4n) is 3.58. The van der Waals surface area contributed by atoms with E-state index in [1.54, 1.807) is 18.2 Å². The van der Waals surface area contributed by atoms with Gasteiger partial charge in [-0.15, -0.1) is 0 Å². The Hall–Kier alpha value is -2.08. The minimum Gasteiger partial charge on any atom is -0.348 e. The summed E-state index contributed by atoms with van der Waals surface area (Å²) in [4.78, 5) is 39.2. The van der Waals surface area contributed by atoms with Crippen LogP contribution in [0.1, 0.15) is 56.3 Å². The number of hydrogen-bond donors (Lipinski definition) is 2. The summed E-state index contributed by atoms with van der Waals surface area (Å²) in [5.41, 5.74) is 0.618. The fraction of sp³-hybridized carbons (Fsp3) is 0.550. The van der Waals surface area contributed by atoms with E-state index in [9.17, 15) is 14.4 Å². The maximum atomic E-state index is 13.2. The van der Waals surface area contributed by atoms with Crippen LogP contribution in [0.5, 0.6) is 0 Å². The Labute approximate surface area is 164 Å². The number of anilines is 1. The molecule has 2 fully saturated rings. The normalized spacial score (nSPS) is 22.3. The van der Waals surface area contributed by atoms with Crippen LogP contribution in [0.2, 0.25) is 5.02 Å². The third-order valence-electron chi connectivity index (χ3n) is 5.34. The number of piperidine rings is 1. The molecule has 3 rings (SSSR count). The molecule has 0 spiro atoms. The van der Waals surface area contributed by atoms with E-state index in [2.05, 4.69) is 10.6 Å². The van der Waals surface area contributed by atoms with Gasteiger partial charge in [-0.05, 0) is 70.1 Å². The topological polar surface area (TPSA) is 78.5 Å². The van der Waals surface area contributed by atoms with E-state index in [-0.39, 0.29) is 18.0 Å². The number of hydrogen-bond acceptors (Lipinski definition) is 3. The summed E-state index contributed by atoms with van der Waals surface area (Å²) >= 11 is 6.10. The number of rotatable bonds is 4. The van der Waals surface area contributed by atoms with Crippen LogP contribution in [0.3, 0.4) is 0 Å². The van der Waals surface area contributed by atoms with Crippen molar-refractivity contribution in [3.05, 3.63) is 28.8 Å². The van der Waals surface area contributed by atoms with Crippen molar-refractivity contribution in [2.24, 2.45) is 5.92 Å². The molecule has 2 aliphatic rings. The van der Waals surface area contributed by atoms with Crippen LogP contribution < -0.4 is 10.6 Å². The lowest BCUT2D eigenvalue weighted by molar-refractivity contribution is -0.136. The highest BCUT2D eigenvalue weighted by Gasteiger charge is 2.31. The maximum Gasteiger partial charge on any atom is 0.313 e. The monoisotopic (exact) mass is 391 g/mol. The van der Waals surface area contributed by atoms with Crippen LogP contribution in [-0.2, 0) is 9.59 Å². The second-order valence-electron chi connectivity index (χ2n) is 7.64. The largest absolute Gasteiger partial charge is 0.348 e. The van der Waals surface area contributed by atoms with Crippen LogP contribution in [-0.4, -0.2) is 41.2 Å². The zero-order valence-electron chi connectivity index (χ0n) is 15.8. The third-order valence-corrected chi connectivity index (χ3v) is 5.58. The average Bonchev–Trinajstić information content (AvgIpc) is 3.45. The zero-order valence-corrected chi connectivity index (χ0v) is 16.5. The van der Waals surface area contributed by atoms with Gasteiger partial charge in [0.15, 0.2) is 0 Å². The summed E-state index contributed by atoms with van der Waals surface area (Å²) in [6.45, 7) is 4.57. The Balaban J connectivity index is 1.76. The Morgan fingerprint density at radius 1 is 1.07 bits per heavy atom. The quantitative estimate of drug-likeness (QED) is 0.773. The smallest absolute Gasteiger partial charge is 0.313 e. The molecule has 146 valence electrons. The molecule has 2 unspecified atom stereocenters. The molecule has 27 heavy (non-hydrogen) atoms. The molecular weight excluding hydrogens is 366 g/mol. The molecule has 1 heterocycles. The van der Waals surface area contributed by atoms with E-state index in [0.717, 1.165) is 32.1 Å². The molecule has 0 bridgehead atoms. The van der Waals surface area contributed by atoms with Gasteiger partial charge in [0, 0.05) is 23.7 Å².